The lowest BCUT2D eigenvalue weighted by molar-refractivity contribution is -0.155. The molecule has 0 saturated carbocycles. The molecular weight excluding hydrogens is 237 g/mol. The highest BCUT2D eigenvalue weighted by atomic mass is 19.1. The number of aliphatic hydroxyl groups is 1. The molecule has 1 unspecified atom stereocenters. The van der Waals surface area contributed by atoms with Crippen molar-refractivity contribution in [2.24, 2.45) is 5.41 Å². The SMILES string of the molecule is CNC(c1cc(F)ccc1OC)C1(CO)COC1. The van der Waals surface area contributed by atoms with Gasteiger partial charge in [-0.05, 0) is 25.2 Å². The summed E-state index contributed by atoms with van der Waals surface area (Å²) in [6.07, 6.45) is 0. The van der Waals surface area contributed by atoms with Gasteiger partial charge in [-0.15, -0.1) is 0 Å². The van der Waals surface area contributed by atoms with E-state index < -0.39 is 5.41 Å². The van der Waals surface area contributed by atoms with E-state index in [1.165, 1.54) is 12.1 Å². The van der Waals surface area contributed by atoms with Crippen molar-refractivity contribution in [3.63, 3.8) is 0 Å². The van der Waals surface area contributed by atoms with Crippen molar-refractivity contribution in [1.29, 1.82) is 0 Å². The number of halogens is 1. The molecule has 5 heteroatoms. The van der Waals surface area contributed by atoms with Crippen LogP contribution in [0, 0.1) is 11.2 Å². The first kappa shape index (κ1) is 13.3. The summed E-state index contributed by atoms with van der Waals surface area (Å²) in [5, 5.41) is 12.7. The van der Waals surface area contributed by atoms with Gasteiger partial charge in [0.2, 0.25) is 0 Å². The Morgan fingerprint density at radius 1 is 1.56 bits per heavy atom. The van der Waals surface area contributed by atoms with Gasteiger partial charge in [0.25, 0.3) is 0 Å². The van der Waals surface area contributed by atoms with Crippen molar-refractivity contribution in [2.45, 2.75) is 6.04 Å². The first-order valence-electron chi connectivity index (χ1n) is 5.86. The number of hydrogen-bond acceptors (Lipinski definition) is 4. The molecule has 1 saturated heterocycles. The first-order chi connectivity index (χ1) is 8.66. The van der Waals surface area contributed by atoms with Crippen LogP contribution in [0.25, 0.3) is 0 Å². The first-order valence-corrected chi connectivity index (χ1v) is 5.86. The van der Waals surface area contributed by atoms with Gasteiger partial charge >= 0.3 is 0 Å². The molecule has 1 fully saturated rings. The zero-order chi connectivity index (χ0) is 13.2. The molecule has 0 aromatic heterocycles. The maximum atomic E-state index is 13.4. The normalized spacial score (nSPS) is 19.1. The van der Waals surface area contributed by atoms with Crippen molar-refractivity contribution in [2.75, 3.05) is 34.0 Å². The summed E-state index contributed by atoms with van der Waals surface area (Å²) in [5.41, 5.74) is 0.299. The number of hydrogen-bond donors (Lipinski definition) is 2. The predicted octanol–water partition coefficient (Wildman–Crippen LogP) is 1.10. The number of aliphatic hydroxyl groups excluding tert-OH is 1. The van der Waals surface area contributed by atoms with Gasteiger partial charge in [-0.25, -0.2) is 4.39 Å². The monoisotopic (exact) mass is 255 g/mol. The third-order valence-electron chi connectivity index (χ3n) is 3.50. The van der Waals surface area contributed by atoms with Gasteiger partial charge in [0, 0.05) is 11.6 Å². The van der Waals surface area contributed by atoms with Crippen LogP contribution in [0.2, 0.25) is 0 Å². The van der Waals surface area contributed by atoms with E-state index in [0.717, 1.165) is 0 Å². The number of benzene rings is 1. The summed E-state index contributed by atoms with van der Waals surface area (Å²) in [6, 6.07) is 4.19. The summed E-state index contributed by atoms with van der Waals surface area (Å²) < 4.78 is 23.9. The molecule has 1 aliphatic heterocycles. The van der Waals surface area contributed by atoms with Crippen molar-refractivity contribution in [1.82, 2.24) is 5.32 Å². The van der Waals surface area contributed by atoms with Gasteiger partial charge in [0.15, 0.2) is 0 Å². The van der Waals surface area contributed by atoms with E-state index in [-0.39, 0.29) is 18.5 Å². The Morgan fingerprint density at radius 3 is 2.72 bits per heavy atom. The van der Waals surface area contributed by atoms with Gasteiger partial charge in [-0.2, -0.15) is 0 Å². The highest BCUT2D eigenvalue weighted by molar-refractivity contribution is 5.38. The van der Waals surface area contributed by atoms with Crippen LogP contribution in [0.5, 0.6) is 5.75 Å². The Morgan fingerprint density at radius 2 is 2.28 bits per heavy atom. The lowest BCUT2D eigenvalue weighted by Gasteiger charge is -2.46. The standard InChI is InChI=1S/C13H18FNO3/c1-15-12(13(6-16)7-18-8-13)10-5-9(14)3-4-11(10)17-2/h3-5,12,15-16H,6-8H2,1-2H3. The molecule has 1 aromatic rings. The third-order valence-corrected chi connectivity index (χ3v) is 3.50. The topological polar surface area (TPSA) is 50.7 Å². The third kappa shape index (κ3) is 2.09. The summed E-state index contributed by atoms with van der Waals surface area (Å²) in [6.45, 7) is 0.890. The second-order valence-electron chi connectivity index (χ2n) is 4.62. The summed E-state index contributed by atoms with van der Waals surface area (Å²) >= 11 is 0. The summed E-state index contributed by atoms with van der Waals surface area (Å²) in [5.74, 6) is 0.287. The fraction of sp³-hybridized carbons (Fsp3) is 0.538. The summed E-state index contributed by atoms with van der Waals surface area (Å²) in [4.78, 5) is 0. The van der Waals surface area contributed by atoms with E-state index >= 15 is 0 Å². The van der Waals surface area contributed by atoms with Gasteiger partial charge in [0.1, 0.15) is 11.6 Å². The van der Waals surface area contributed by atoms with Crippen LogP contribution in [0.15, 0.2) is 18.2 Å². The van der Waals surface area contributed by atoms with Crippen LogP contribution < -0.4 is 10.1 Å². The van der Waals surface area contributed by atoms with E-state index in [4.69, 9.17) is 9.47 Å². The zero-order valence-corrected chi connectivity index (χ0v) is 10.6. The number of ether oxygens (including phenoxy) is 2. The van der Waals surface area contributed by atoms with E-state index in [1.807, 2.05) is 0 Å². The smallest absolute Gasteiger partial charge is 0.123 e. The average Bonchev–Trinajstić information content (AvgIpc) is 2.33. The van der Waals surface area contributed by atoms with Crippen LogP contribution in [0.1, 0.15) is 11.6 Å². The Balaban J connectivity index is 2.40. The van der Waals surface area contributed by atoms with Crippen molar-refractivity contribution >= 4 is 0 Å². The van der Waals surface area contributed by atoms with E-state index in [9.17, 15) is 9.50 Å². The Labute approximate surface area is 106 Å². The molecule has 2 N–H and O–H groups in total. The van der Waals surface area contributed by atoms with Crippen LogP contribution in [-0.4, -0.2) is 39.1 Å². The number of rotatable bonds is 5. The molecule has 0 amide bonds. The van der Waals surface area contributed by atoms with Crippen molar-refractivity contribution in [3.05, 3.63) is 29.6 Å². The molecule has 18 heavy (non-hydrogen) atoms. The average molecular weight is 255 g/mol. The molecule has 1 heterocycles. The Kier molecular flexibility index (Phi) is 3.85. The van der Waals surface area contributed by atoms with Gasteiger partial charge in [0.05, 0.1) is 32.3 Å². The second-order valence-corrected chi connectivity index (χ2v) is 4.62. The maximum absolute atomic E-state index is 13.4. The number of nitrogens with one attached hydrogen (secondary N) is 1. The fourth-order valence-electron chi connectivity index (χ4n) is 2.44. The molecule has 2 rings (SSSR count). The van der Waals surface area contributed by atoms with Crippen LogP contribution in [0.4, 0.5) is 4.39 Å². The number of methoxy groups -OCH3 is 1. The molecule has 1 atom stereocenters. The minimum atomic E-state index is -0.407. The van der Waals surface area contributed by atoms with Gasteiger partial charge < -0.3 is 19.9 Å². The van der Waals surface area contributed by atoms with Crippen LogP contribution in [0.3, 0.4) is 0 Å². The molecule has 4 nitrogen and oxygen atoms in total. The molecule has 1 aliphatic rings. The minimum Gasteiger partial charge on any atom is -0.496 e. The lowest BCUT2D eigenvalue weighted by Crippen LogP contribution is -2.53. The lowest BCUT2D eigenvalue weighted by atomic mass is 9.75. The highest BCUT2D eigenvalue weighted by Gasteiger charge is 2.46. The van der Waals surface area contributed by atoms with Gasteiger partial charge in [-0.3, -0.25) is 0 Å². The molecule has 100 valence electrons. The molecule has 1 aromatic carbocycles. The molecule has 0 spiro atoms. The summed E-state index contributed by atoms with van der Waals surface area (Å²) in [7, 11) is 3.33. The van der Waals surface area contributed by atoms with Crippen LogP contribution >= 0.6 is 0 Å². The van der Waals surface area contributed by atoms with E-state index in [2.05, 4.69) is 5.32 Å². The van der Waals surface area contributed by atoms with E-state index in [0.29, 0.717) is 24.5 Å². The quantitative estimate of drug-likeness (QED) is 0.827. The van der Waals surface area contributed by atoms with Crippen molar-refractivity contribution in [3.8, 4) is 5.75 Å². The highest BCUT2D eigenvalue weighted by Crippen LogP contribution is 2.43. The zero-order valence-electron chi connectivity index (χ0n) is 10.6. The molecular formula is C13H18FNO3. The Hall–Kier alpha value is -1.17. The fourth-order valence-corrected chi connectivity index (χ4v) is 2.44. The molecule has 0 aliphatic carbocycles. The molecule has 0 bridgehead atoms. The van der Waals surface area contributed by atoms with Crippen LogP contribution in [-0.2, 0) is 4.74 Å². The minimum absolute atomic E-state index is 0.0157. The largest absolute Gasteiger partial charge is 0.496 e. The molecule has 0 radical (unpaired) electrons. The van der Waals surface area contributed by atoms with E-state index in [1.54, 1.807) is 20.2 Å². The second kappa shape index (κ2) is 5.22. The van der Waals surface area contributed by atoms with Gasteiger partial charge in [-0.1, -0.05) is 0 Å². The maximum Gasteiger partial charge on any atom is 0.123 e. The van der Waals surface area contributed by atoms with Crippen molar-refractivity contribution < 1.29 is 19.0 Å². The predicted molar refractivity (Wildman–Crippen MR) is 65.1 cm³/mol. The Bertz CT molecular complexity index is 415.